The van der Waals surface area contributed by atoms with E-state index in [-0.39, 0.29) is 6.04 Å². The van der Waals surface area contributed by atoms with Crippen molar-refractivity contribution < 1.29 is 0 Å². The average Bonchev–Trinajstić information content (AvgIpc) is 3.04. The van der Waals surface area contributed by atoms with Gasteiger partial charge in [-0.15, -0.1) is 0 Å². The van der Waals surface area contributed by atoms with Crippen LogP contribution in [0.2, 0.25) is 0 Å². The summed E-state index contributed by atoms with van der Waals surface area (Å²) < 4.78 is 2.10. The highest BCUT2D eigenvalue weighted by Gasteiger charge is 2.40. The fourth-order valence-corrected chi connectivity index (χ4v) is 4.17. The number of aryl methyl sites for hydroxylation is 1. The second kappa shape index (κ2) is 5.04. The maximum Gasteiger partial charge on any atom is 0.0551 e. The molecular formula is C15H25N3. The van der Waals surface area contributed by atoms with Crippen LogP contribution in [0.1, 0.15) is 57.2 Å². The van der Waals surface area contributed by atoms with Gasteiger partial charge in [-0.05, 0) is 55.9 Å². The van der Waals surface area contributed by atoms with Crippen LogP contribution >= 0.6 is 0 Å². The van der Waals surface area contributed by atoms with E-state index in [1.807, 2.05) is 6.20 Å². The number of hydrogen-bond donors (Lipinski definition) is 1. The van der Waals surface area contributed by atoms with Gasteiger partial charge in [-0.2, -0.15) is 5.10 Å². The Kier molecular flexibility index (Phi) is 3.42. The Bertz CT molecular complexity index is 398. The first-order valence-corrected chi connectivity index (χ1v) is 7.55. The van der Waals surface area contributed by atoms with Crippen molar-refractivity contribution in [1.29, 1.82) is 0 Å². The van der Waals surface area contributed by atoms with Crippen molar-refractivity contribution in [2.45, 2.75) is 58.0 Å². The van der Waals surface area contributed by atoms with Gasteiger partial charge < -0.3 is 5.73 Å². The highest BCUT2D eigenvalue weighted by molar-refractivity contribution is 5.07. The van der Waals surface area contributed by atoms with Gasteiger partial charge in [-0.25, -0.2) is 0 Å². The lowest BCUT2D eigenvalue weighted by Crippen LogP contribution is -2.22. The fraction of sp³-hybridized carbons (Fsp3) is 0.800. The summed E-state index contributed by atoms with van der Waals surface area (Å²) in [6.07, 6.45) is 10.0. The molecule has 2 bridgehead atoms. The first kappa shape index (κ1) is 12.2. The molecule has 2 saturated carbocycles. The molecule has 1 aromatic heterocycles. The van der Waals surface area contributed by atoms with Crippen molar-refractivity contribution in [1.82, 2.24) is 9.78 Å². The Hall–Kier alpha value is -0.830. The normalized spacial score (nSPS) is 32.0. The minimum atomic E-state index is 0.184. The minimum absolute atomic E-state index is 0.184. The second-order valence-electron chi connectivity index (χ2n) is 6.26. The molecule has 2 fully saturated rings. The maximum absolute atomic E-state index is 6.42. The predicted octanol–water partition coefficient (Wildman–Crippen LogP) is 3.12. The summed E-state index contributed by atoms with van der Waals surface area (Å²) in [5.41, 5.74) is 7.66. The molecule has 4 atom stereocenters. The summed E-state index contributed by atoms with van der Waals surface area (Å²) in [7, 11) is 0. The van der Waals surface area contributed by atoms with E-state index in [0.717, 1.165) is 37.1 Å². The van der Waals surface area contributed by atoms with E-state index >= 15 is 0 Å². The summed E-state index contributed by atoms with van der Waals surface area (Å²) in [6, 6.07) is 2.29. The topological polar surface area (TPSA) is 43.8 Å². The number of aromatic nitrogens is 2. The third-order valence-corrected chi connectivity index (χ3v) is 5.01. The molecule has 3 nitrogen and oxygen atoms in total. The van der Waals surface area contributed by atoms with Crippen LogP contribution in [0.4, 0.5) is 0 Å². The zero-order valence-electron chi connectivity index (χ0n) is 11.4. The van der Waals surface area contributed by atoms with Gasteiger partial charge in [0.15, 0.2) is 0 Å². The van der Waals surface area contributed by atoms with Crippen LogP contribution < -0.4 is 5.73 Å². The van der Waals surface area contributed by atoms with E-state index in [1.165, 1.54) is 31.4 Å². The Balaban J connectivity index is 1.63. The molecule has 1 aromatic rings. The van der Waals surface area contributed by atoms with E-state index in [0.29, 0.717) is 0 Å². The molecule has 4 unspecified atom stereocenters. The summed E-state index contributed by atoms with van der Waals surface area (Å²) in [5, 5.41) is 4.39. The molecule has 0 radical (unpaired) electrons. The second-order valence-corrected chi connectivity index (χ2v) is 6.26. The highest BCUT2D eigenvalue weighted by atomic mass is 15.3. The van der Waals surface area contributed by atoms with Crippen LogP contribution in [0.25, 0.3) is 0 Å². The van der Waals surface area contributed by atoms with Crippen molar-refractivity contribution in [3.05, 3.63) is 18.0 Å². The van der Waals surface area contributed by atoms with Gasteiger partial charge in [-0.1, -0.05) is 13.3 Å². The van der Waals surface area contributed by atoms with E-state index in [2.05, 4.69) is 22.8 Å². The standard InChI is InChI=1S/C15H25N3/c1-2-7-18-15(5-6-17-18)14(16)10-13-9-11-3-4-12(13)8-11/h5-6,11-14H,2-4,7-10,16H2,1H3. The first-order valence-electron chi connectivity index (χ1n) is 7.55. The Morgan fingerprint density at radius 3 is 3.00 bits per heavy atom. The van der Waals surface area contributed by atoms with Crippen LogP contribution in [0.3, 0.4) is 0 Å². The molecule has 100 valence electrons. The molecule has 3 rings (SSSR count). The van der Waals surface area contributed by atoms with Gasteiger partial charge in [-0.3, -0.25) is 4.68 Å². The lowest BCUT2D eigenvalue weighted by molar-refractivity contribution is 0.291. The Labute approximate surface area is 110 Å². The smallest absolute Gasteiger partial charge is 0.0551 e. The van der Waals surface area contributed by atoms with Crippen LogP contribution in [0, 0.1) is 17.8 Å². The number of nitrogens with two attached hydrogens (primary N) is 1. The third-order valence-electron chi connectivity index (χ3n) is 5.01. The lowest BCUT2D eigenvalue weighted by atomic mass is 9.84. The van der Waals surface area contributed by atoms with Gasteiger partial charge in [0.05, 0.1) is 5.69 Å². The van der Waals surface area contributed by atoms with Gasteiger partial charge in [0.2, 0.25) is 0 Å². The summed E-state index contributed by atoms with van der Waals surface area (Å²) in [5.74, 6) is 2.88. The van der Waals surface area contributed by atoms with Crippen LogP contribution in [-0.4, -0.2) is 9.78 Å². The molecule has 2 aliphatic carbocycles. The van der Waals surface area contributed by atoms with Crippen molar-refractivity contribution in [3.63, 3.8) is 0 Å². The van der Waals surface area contributed by atoms with E-state index in [9.17, 15) is 0 Å². The number of rotatable bonds is 5. The van der Waals surface area contributed by atoms with Crippen molar-refractivity contribution in [3.8, 4) is 0 Å². The van der Waals surface area contributed by atoms with E-state index in [4.69, 9.17) is 5.73 Å². The van der Waals surface area contributed by atoms with Crippen LogP contribution in [0.5, 0.6) is 0 Å². The molecular weight excluding hydrogens is 222 g/mol. The van der Waals surface area contributed by atoms with Crippen molar-refractivity contribution in [2.24, 2.45) is 23.5 Å². The fourth-order valence-electron chi connectivity index (χ4n) is 4.17. The largest absolute Gasteiger partial charge is 0.323 e. The molecule has 2 N–H and O–H groups in total. The van der Waals surface area contributed by atoms with Gasteiger partial charge in [0.25, 0.3) is 0 Å². The summed E-state index contributed by atoms with van der Waals surface area (Å²) >= 11 is 0. The lowest BCUT2D eigenvalue weighted by Gasteiger charge is -2.25. The molecule has 0 aliphatic heterocycles. The van der Waals surface area contributed by atoms with Crippen LogP contribution in [0.15, 0.2) is 12.3 Å². The highest BCUT2D eigenvalue weighted by Crippen LogP contribution is 2.50. The van der Waals surface area contributed by atoms with Gasteiger partial charge in [0, 0.05) is 18.8 Å². The van der Waals surface area contributed by atoms with Crippen molar-refractivity contribution in [2.75, 3.05) is 0 Å². The molecule has 18 heavy (non-hydrogen) atoms. The zero-order chi connectivity index (χ0) is 12.5. The van der Waals surface area contributed by atoms with Gasteiger partial charge in [0.1, 0.15) is 0 Å². The van der Waals surface area contributed by atoms with E-state index < -0.39 is 0 Å². The van der Waals surface area contributed by atoms with Crippen LogP contribution in [-0.2, 0) is 6.54 Å². The minimum Gasteiger partial charge on any atom is -0.323 e. The van der Waals surface area contributed by atoms with E-state index in [1.54, 1.807) is 0 Å². The quantitative estimate of drug-likeness (QED) is 0.868. The number of nitrogens with zero attached hydrogens (tertiary/aromatic N) is 2. The Morgan fingerprint density at radius 1 is 1.44 bits per heavy atom. The molecule has 1 heterocycles. The number of hydrogen-bond acceptors (Lipinski definition) is 2. The summed E-state index contributed by atoms with van der Waals surface area (Å²) in [6.45, 7) is 3.18. The first-order chi connectivity index (χ1) is 8.78. The molecule has 3 heteroatoms. The number of fused-ring (bicyclic) bond motifs is 2. The zero-order valence-corrected chi connectivity index (χ0v) is 11.4. The monoisotopic (exact) mass is 247 g/mol. The van der Waals surface area contributed by atoms with Crippen molar-refractivity contribution >= 4 is 0 Å². The maximum atomic E-state index is 6.42. The molecule has 0 amide bonds. The third kappa shape index (κ3) is 2.20. The molecule has 0 saturated heterocycles. The SMILES string of the molecule is CCCn1nccc1C(N)CC1CC2CCC1C2. The predicted molar refractivity (Wildman–Crippen MR) is 73.0 cm³/mol. The average molecular weight is 247 g/mol. The van der Waals surface area contributed by atoms with Gasteiger partial charge >= 0.3 is 0 Å². The Morgan fingerprint density at radius 2 is 2.33 bits per heavy atom. The molecule has 2 aliphatic rings. The summed E-state index contributed by atoms with van der Waals surface area (Å²) in [4.78, 5) is 0. The molecule has 0 aromatic carbocycles. The molecule has 0 spiro atoms.